The summed E-state index contributed by atoms with van der Waals surface area (Å²) in [5, 5.41) is 0. The van der Waals surface area contributed by atoms with Crippen molar-refractivity contribution < 1.29 is 23.5 Å². The van der Waals surface area contributed by atoms with Crippen LogP contribution < -0.4 is 5.73 Å². The zero-order valence-corrected chi connectivity index (χ0v) is 11.4. The summed E-state index contributed by atoms with van der Waals surface area (Å²) in [5.74, 6) is 0. The lowest BCUT2D eigenvalue weighted by Gasteiger charge is -2.28. The molecule has 0 aliphatic carbocycles. The number of hydrogen-bond acceptors (Lipinski definition) is 5. The van der Waals surface area contributed by atoms with Crippen molar-refractivity contribution in [2.24, 2.45) is 5.73 Å². The number of carbonyl (C=O) groups excluding carboxylic acids is 1. The molecule has 1 fully saturated rings. The second-order valence-electron chi connectivity index (χ2n) is 3.56. The third-order valence-corrected chi connectivity index (χ3v) is 3.35. The molecule has 0 aromatic heterocycles. The van der Waals surface area contributed by atoms with E-state index in [1.807, 2.05) is 0 Å². The van der Waals surface area contributed by atoms with Crippen LogP contribution in [0.2, 0.25) is 0 Å². The van der Waals surface area contributed by atoms with Gasteiger partial charge in [-0.15, -0.1) is 0 Å². The summed E-state index contributed by atoms with van der Waals surface area (Å²) in [6.07, 6.45) is -0.453. The first-order chi connectivity index (χ1) is 7.93. The molecule has 1 aliphatic heterocycles. The maximum atomic E-state index is 11.6. The largest absolute Gasteiger partial charge is 0.416 e. The van der Waals surface area contributed by atoms with Gasteiger partial charge in [-0.05, 0) is 20.9 Å². The van der Waals surface area contributed by atoms with E-state index in [0.29, 0.717) is 26.3 Å². The van der Waals surface area contributed by atoms with Gasteiger partial charge in [0.05, 0.1) is 19.3 Å². The Morgan fingerprint density at radius 2 is 1.88 bits per heavy atom. The Kier molecular flexibility index (Phi) is 7.58. The van der Waals surface area contributed by atoms with Crippen LogP contribution in [-0.4, -0.2) is 54.9 Å². The molecule has 1 saturated heterocycles. The average molecular weight is 268 g/mol. The lowest BCUT2D eigenvalue weighted by molar-refractivity contribution is 0.0566. The lowest BCUT2D eigenvalue weighted by Crippen LogP contribution is -2.40. The monoisotopic (exact) mass is 268 g/mol. The summed E-state index contributed by atoms with van der Waals surface area (Å²) < 4.78 is 21.3. The third-order valence-electron chi connectivity index (χ3n) is 1.88. The Hall–Kier alpha value is -0.460. The van der Waals surface area contributed by atoms with E-state index in [1.54, 1.807) is 13.8 Å². The van der Waals surface area contributed by atoms with Crippen molar-refractivity contribution in [3.05, 3.63) is 0 Å². The van der Waals surface area contributed by atoms with Crippen molar-refractivity contribution in [1.82, 2.24) is 4.90 Å². The van der Waals surface area contributed by atoms with Crippen molar-refractivity contribution in [2.45, 2.75) is 20.0 Å². The molecule has 1 amide bonds. The van der Waals surface area contributed by atoms with Crippen molar-refractivity contribution >= 4 is 13.2 Å². The predicted octanol–water partition coefficient (Wildman–Crippen LogP) is 0.624. The number of nitrogens with two attached hydrogens (primary N) is 1. The van der Waals surface area contributed by atoms with E-state index in [-0.39, 0.29) is 0 Å². The maximum absolute atomic E-state index is 11.6. The molecule has 1 unspecified atom stereocenters. The van der Waals surface area contributed by atoms with Gasteiger partial charge in [0.25, 0.3) is 0 Å². The van der Waals surface area contributed by atoms with Crippen molar-refractivity contribution in [3.8, 4) is 0 Å². The van der Waals surface area contributed by atoms with Gasteiger partial charge in [-0.25, -0.2) is 4.57 Å². The molecular formula is C9H21N2O5P. The van der Waals surface area contributed by atoms with E-state index < -0.39 is 19.3 Å². The second-order valence-corrected chi connectivity index (χ2v) is 5.19. The number of amides is 1. The van der Waals surface area contributed by atoms with Gasteiger partial charge in [0.15, 0.2) is 0 Å². The Balaban J connectivity index is 0.00000121. The van der Waals surface area contributed by atoms with Gasteiger partial charge in [-0.2, -0.15) is 0 Å². The molecule has 8 heteroatoms. The molecule has 1 rings (SSSR count). The molecule has 0 saturated carbocycles. The molecule has 0 bridgehead atoms. The van der Waals surface area contributed by atoms with Gasteiger partial charge in [0, 0.05) is 13.1 Å². The Morgan fingerprint density at radius 1 is 1.41 bits per heavy atom. The molecule has 0 aromatic rings. The first-order valence-electron chi connectivity index (χ1n) is 5.39. The third kappa shape index (κ3) is 5.61. The fraction of sp³-hybridized carbons (Fsp3) is 0.889. The molecule has 0 spiro atoms. The van der Waals surface area contributed by atoms with Crippen molar-refractivity contribution in [3.63, 3.8) is 0 Å². The average Bonchev–Trinajstić information content (AvgIpc) is 2.30. The van der Waals surface area contributed by atoms with Gasteiger partial charge in [0.1, 0.15) is 0 Å². The standard InChI is InChI=1S/C8H16NO5P.CH5N/c1-7(2)14-15(11,12)8(10)9-3-5-13-6-4-9;1-2/h7H,3-6H2,1-2H3,(H,11,12);2H2,1H3. The number of ether oxygens (including phenoxy) is 1. The van der Waals surface area contributed by atoms with Gasteiger partial charge in [0.2, 0.25) is 0 Å². The highest BCUT2D eigenvalue weighted by molar-refractivity contribution is 7.70. The highest BCUT2D eigenvalue weighted by atomic mass is 31.2. The quantitative estimate of drug-likeness (QED) is 0.727. The van der Waals surface area contributed by atoms with Gasteiger partial charge >= 0.3 is 13.2 Å². The van der Waals surface area contributed by atoms with Crippen LogP contribution in [0.15, 0.2) is 0 Å². The first kappa shape index (κ1) is 16.5. The van der Waals surface area contributed by atoms with Gasteiger partial charge in [-0.3, -0.25) is 9.32 Å². The van der Waals surface area contributed by atoms with E-state index >= 15 is 0 Å². The van der Waals surface area contributed by atoms with Crippen LogP contribution in [-0.2, 0) is 13.8 Å². The number of nitrogens with zero attached hydrogens (tertiary/aromatic N) is 1. The summed E-state index contributed by atoms with van der Waals surface area (Å²) in [6.45, 7) is 4.68. The van der Waals surface area contributed by atoms with E-state index in [1.165, 1.54) is 11.9 Å². The highest BCUT2D eigenvalue weighted by Crippen LogP contribution is 2.46. The van der Waals surface area contributed by atoms with E-state index in [9.17, 15) is 14.3 Å². The summed E-state index contributed by atoms with van der Waals surface area (Å²) >= 11 is 0. The molecular weight excluding hydrogens is 247 g/mol. The van der Waals surface area contributed by atoms with Crippen molar-refractivity contribution in [2.75, 3.05) is 33.4 Å². The number of hydrogen-bond donors (Lipinski definition) is 2. The molecule has 0 aromatic carbocycles. The fourth-order valence-electron chi connectivity index (χ4n) is 1.26. The number of rotatable bonds is 3. The molecule has 1 atom stereocenters. The van der Waals surface area contributed by atoms with Gasteiger partial charge < -0.3 is 20.3 Å². The van der Waals surface area contributed by atoms with Crippen LogP contribution in [0.3, 0.4) is 0 Å². The van der Waals surface area contributed by atoms with E-state index in [4.69, 9.17) is 9.26 Å². The SMILES string of the molecule is CC(C)OP(=O)(O)C(=O)N1CCOCC1.CN. The van der Waals surface area contributed by atoms with Crippen LogP contribution in [0, 0.1) is 0 Å². The summed E-state index contributed by atoms with van der Waals surface area (Å²) in [6, 6.07) is 0. The Bertz CT molecular complexity index is 279. The normalized spacial score (nSPS) is 19.3. The molecule has 7 nitrogen and oxygen atoms in total. The summed E-state index contributed by atoms with van der Waals surface area (Å²) in [5.41, 5.74) is 3.67. The molecule has 17 heavy (non-hydrogen) atoms. The molecule has 3 N–H and O–H groups in total. The smallest absolute Gasteiger partial charge is 0.378 e. The maximum Gasteiger partial charge on any atom is 0.416 e. The van der Waals surface area contributed by atoms with E-state index in [2.05, 4.69) is 5.73 Å². The minimum Gasteiger partial charge on any atom is -0.378 e. The van der Waals surface area contributed by atoms with Crippen molar-refractivity contribution in [1.29, 1.82) is 0 Å². The lowest BCUT2D eigenvalue weighted by atomic mass is 10.5. The first-order valence-corrected chi connectivity index (χ1v) is 6.97. The minimum absolute atomic E-state index is 0.338. The van der Waals surface area contributed by atoms with Crippen LogP contribution in [0.1, 0.15) is 13.8 Å². The van der Waals surface area contributed by atoms with Crippen LogP contribution in [0.25, 0.3) is 0 Å². The Morgan fingerprint density at radius 3 is 2.29 bits per heavy atom. The zero-order valence-electron chi connectivity index (χ0n) is 10.5. The molecule has 0 radical (unpaired) electrons. The topological polar surface area (TPSA) is 102 Å². The van der Waals surface area contributed by atoms with Gasteiger partial charge in [-0.1, -0.05) is 0 Å². The minimum atomic E-state index is -4.18. The zero-order chi connectivity index (χ0) is 13.5. The fourth-order valence-corrected chi connectivity index (χ4v) is 2.48. The van der Waals surface area contributed by atoms with E-state index in [0.717, 1.165) is 0 Å². The number of carbonyl (C=O) groups is 1. The molecule has 1 heterocycles. The highest BCUT2D eigenvalue weighted by Gasteiger charge is 2.36. The molecule has 102 valence electrons. The number of morpholine rings is 1. The van der Waals surface area contributed by atoms with Crippen LogP contribution >= 0.6 is 7.60 Å². The molecule has 1 aliphatic rings. The second kappa shape index (κ2) is 7.79. The van der Waals surface area contributed by atoms with Crippen LogP contribution in [0.5, 0.6) is 0 Å². The predicted molar refractivity (Wildman–Crippen MR) is 63.9 cm³/mol. The summed E-state index contributed by atoms with van der Waals surface area (Å²) in [4.78, 5) is 22.3. The summed E-state index contributed by atoms with van der Waals surface area (Å²) in [7, 11) is -2.68. The Labute approximate surface area is 101 Å². The van der Waals surface area contributed by atoms with Crippen LogP contribution in [0.4, 0.5) is 4.79 Å².